The van der Waals surface area contributed by atoms with Crippen LogP contribution in [0.3, 0.4) is 0 Å². The van der Waals surface area contributed by atoms with Crippen molar-refractivity contribution in [2.24, 2.45) is 17.8 Å². The van der Waals surface area contributed by atoms with E-state index in [2.05, 4.69) is 31.8 Å². The van der Waals surface area contributed by atoms with E-state index < -0.39 is 0 Å². The van der Waals surface area contributed by atoms with Gasteiger partial charge in [-0.1, -0.05) is 6.42 Å². The Bertz CT molecular complexity index is 872. The minimum Gasteiger partial charge on any atom is -0.356 e. The van der Waals surface area contributed by atoms with Gasteiger partial charge in [-0.15, -0.1) is 0 Å². The summed E-state index contributed by atoms with van der Waals surface area (Å²) in [7, 11) is 0. The summed E-state index contributed by atoms with van der Waals surface area (Å²) in [5.74, 6) is 4.23. The monoisotopic (exact) mass is 382 g/mol. The van der Waals surface area contributed by atoms with E-state index in [9.17, 15) is 4.79 Å². The molecule has 2 atom stereocenters. The number of piperidine rings is 1. The molecule has 7 heteroatoms. The van der Waals surface area contributed by atoms with Crippen molar-refractivity contribution in [1.82, 2.24) is 24.5 Å². The lowest BCUT2D eigenvalue weighted by Gasteiger charge is -2.34. The second-order valence-corrected chi connectivity index (χ2v) is 9.00. The molecule has 2 unspecified atom stereocenters. The molecule has 150 valence electrons. The van der Waals surface area contributed by atoms with Crippen molar-refractivity contribution in [3.8, 4) is 0 Å². The molecule has 1 amide bonds. The Morgan fingerprint density at radius 3 is 2.54 bits per heavy atom. The van der Waals surface area contributed by atoms with Crippen LogP contribution in [0.2, 0.25) is 0 Å². The normalized spacial score (nSPS) is 25.6. The highest BCUT2D eigenvalue weighted by molar-refractivity contribution is 5.77. The fourth-order valence-corrected chi connectivity index (χ4v) is 5.55. The Morgan fingerprint density at radius 2 is 1.82 bits per heavy atom. The lowest BCUT2D eigenvalue weighted by Crippen LogP contribution is -2.38. The lowest BCUT2D eigenvalue weighted by molar-refractivity contribution is -0.131. The van der Waals surface area contributed by atoms with Gasteiger partial charge >= 0.3 is 0 Å². The molecule has 28 heavy (non-hydrogen) atoms. The third-order valence-corrected chi connectivity index (χ3v) is 7.33. The third kappa shape index (κ3) is 3.05. The number of aromatic nitrogens is 4. The quantitative estimate of drug-likeness (QED) is 0.816. The van der Waals surface area contributed by atoms with Crippen molar-refractivity contribution in [1.29, 1.82) is 0 Å². The number of aryl methyl sites for hydroxylation is 1. The summed E-state index contributed by atoms with van der Waals surface area (Å²) in [5, 5.41) is 4.38. The van der Waals surface area contributed by atoms with Gasteiger partial charge in [0.1, 0.15) is 12.1 Å². The highest BCUT2D eigenvalue weighted by Crippen LogP contribution is 2.38. The zero-order valence-electron chi connectivity index (χ0n) is 17.0. The average Bonchev–Trinajstić information content (AvgIpc) is 3.39. The molecule has 7 nitrogen and oxygen atoms in total. The molecule has 5 rings (SSSR count). The van der Waals surface area contributed by atoms with Gasteiger partial charge in [0, 0.05) is 43.9 Å². The van der Waals surface area contributed by atoms with Crippen molar-refractivity contribution >= 4 is 17.5 Å². The van der Waals surface area contributed by atoms with E-state index in [0.29, 0.717) is 17.6 Å². The number of likely N-dealkylation sites (tertiary alicyclic amines) is 1. The van der Waals surface area contributed by atoms with E-state index in [1.807, 2.05) is 11.4 Å². The topological polar surface area (TPSA) is 66.6 Å². The second-order valence-electron chi connectivity index (χ2n) is 9.00. The number of nitrogens with zero attached hydrogens (tertiary/aromatic N) is 6. The zero-order chi connectivity index (χ0) is 19.3. The standard InChI is InChI=1S/C21H30N6O/c1-14-15(2)24-21-22-13-23-27(21)20(14)25-8-6-16(7-9-25)10-19(28)26-11-17-4-3-5-18(17)12-26/h13,16-18H,3-12H2,1-2H3. The van der Waals surface area contributed by atoms with Gasteiger partial charge in [-0.2, -0.15) is 14.6 Å². The van der Waals surface area contributed by atoms with Gasteiger partial charge in [0.05, 0.1) is 0 Å². The van der Waals surface area contributed by atoms with Gasteiger partial charge in [0.2, 0.25) is 5.91 Å². The number of hydrogen-bond acceptors (Lipinski definition) is 5. The summed E-state index contributed by atoms with van der Waals surface area (Å²) >= 11 is 0. The summed E-state index contributed by atoms with van der Waals surface area (Å²) in [4.78, 5) is 26.2. The number of anilines is 1. The predicted octanol–water partition coefficient (Wildman–Crippen LogP) is 2.61. The summed E-state index contributed by atoms with van der Waals surface area (Å²) in [6.45, 7) is 8.10. The van der Waals surface area contributed by atoms with Crippen molar-refractivity contribution in [3.63, 3.8) is 0 Å². The Kier molecular flexibility index (Phi) is 4.48. The maximum Gasteiger partial charge on any atom is 0.254 e. The largest absolute Gasteiger partial charge is 0.356 e. The van der Waals surface area contributed by atoms with Gasteiger partial charge in [0.15, 0.2) is 0 Å². The molecule has 0 bridgehead atoms. The number of fused-ring (bicyclic) bond motifs is 2. The molecule has 0 radical (unpaired) electrons. The van der Waals surface area contributed by atoms with Gasteiger partial charge in [-0.25, -0.2) is 4.98 Å². The molecule has 0 N–H and O–H groups in total. The predicted molar refractivity (Wildman–Crippen MR) is 107 cm³/mol. The molecule has 3 fully saturated rings. The van der Waals surface area contributed by atoms with Crippen LogP contribution in [0.4, 0.5) is 5.82 Å². The van der Waals surface area contributed by atoms with E-state index in [1.165, 1.54) is 19.3 Å². The SMILES string of the molecule is Cc1nc2ncnn2c(N2CCC(CC(=O)N3CC4CCCC4C3)CC2)c1C. The molecule has 2 aliphatic heterocycles. The van der Waals surface area contributed by atoms with Gasteiger partial charge < -0.3 is 9.80 Å². The first-order valence-corrected chi connectivity index (χ1v) is 10.8. The molecule has 3 aliphatic rings. The fraction of sp³-hybridized carbons (Fsp3) is 0.714. The minimum absolute atomic E-state index is 0.391. The van der Waals surface area contributed by atoms with E-state index in [0.717, 1.165) is 74.4 Å². The van der Waals surface area contributed by atoms with Crippen LogP contribution in [0.5, 0.6) is 0 Å². The van der Waals surface area contributed by atoms with Crippen molar-refractivity contribution in [2.75, 3.05) is 31.1 Å². The Morgan fingerprint density at radius 1 is 1.11 bits per heavy atom. The molecule has 2 aromatic heterocycles. The molecule has 4 heterocycles. The lowest BCUT2D eigenvalue weighted by atomic mass is 9.92. The molecular formula is C21H30N6O. The summed E-state index contributed by atoms with van der Waals surface area (Å²) in [6, 6.07) is 0. The third-order valence-electron chi connectivity index (χ3n) is 7.33. The van der Waals surface area contributed by atoms with Crippen LogP contribution in [0.25, 0.3) is 5.78 Å². The Hall–Kier alpha value is -2.18. The molecule has 1 aliphatic carbocycles. The number of carbonyl (C=O) groups excluding carboxylic acids is 1. The average molecular weight is 383 g/mol. The van der Waals surface area contributed by atoms with Crippen molar-refractivity contribution in [3.05, 3.63) is 17.6 Å². The van der Waals surface area contributed by atoms with Crippen molar-refractivity contribution in [2.45, 2.75) is 52.4 Å². The van der Waals surface area contributed by atoms with Gasteiger partial charge in [-0.05, 0) is 57.3 Å². The first kappa shape index (κ1) is 17.9. The summed E-state index contributed by atoms with van der Waals surface area (Å²) < 4.78 is 1.86. The van der Waals surface area contributed by atoms with Crippen LogP contribution in [0, 0.1) is 31.6 Å². The Balaban J connectivity index is 1.22. The highest BCUT2D eigenvalue weighted by Gasteiger charge is 2.38. The second kappa shape index (κ2) is 7.01. The maximum atomic E-state index is 12.8. The maximum absolute atomic E-state index is 12.8. The number of amides is 1. The molecular weight excluding hydrogens is 352 g/mol. The van der Waals surface area contributed by atoms with Crippen LogP contribution in [0.1, 0.15) is 49.8 Å². The fourth-order valence-electron chi connectivity index (χ4n) is 5.55. The van der Waals surface area contributed by atoms with Crippen LogP contribution >= 0.6 is 0 Å². The number of rotatable bonds is 3. The molecule has 2 aromatic rings. The van der Waals surface area contributed by atoms with Crippen LogP contribution < -0.4 is 4.90 Å². The molecule has 0 aromatic carbocycles. The van der Waals surface area contributed by atoms with Crippen LogP contribution in [0.15, 0.2) is 6.33 Å². The molecule has 0 spiro atoms. The Labute approximate surface area is 166 Å². The minimum atomic E-state index is 0.391. The van der Waals surface area contributed by atoms with Crippen LogP contribution in [-0.4, -0.2) is 56.6 Å². The van der Waals surface area contributed by atoms with Gasteiger partial charge in [0.25, 0.3) is 5.78 Å². The van der Waals surface area contributed by atoms with Crippen LogP contribution in [-0.2, 0) is 4.79 Å². The van der Waals surface area contributed by atoms with E-state index >= 15 is 0 Å². The number of carbonyl (C=O) groups is 1. The van der Waals surface area contributed by atoms with E-state index in [1.54, 1.807) is 6.33 Å². The zero-order valence-corrected chi connectivity index (χ0v) is 17.0. The van der Waals surface area contributed by atoms with E-state index in [4.69, 9.17) is 0 Å². The first-order chi connectivity index (χ1) is 13.6. The number of hydrogen-bond donors (Lipinski definition) is 0. The molecule has 1 saturated carbocycles. The van der Waals surface area contributed by atoms with E-state index in [-0.39, 0.29) is 0 Å². The first-order valence-electron chi connectivity index (χ1n) is 10.8. The van der Waals surface area contributed by atoms with Gasteiger partial charge in [-0.3, -0.25) is 4.79 Å². The summed E-state index contributed by atoms with van der Waals surface area (Å²) in [6.07, 6.45) is 8.43. The smallest absolute Gasteiger partial charge is 0.254 e. The molecule has 2 saturated heterocycles. The van der Waals surface area contributed by atoms with Crippen molar-refractivity contribution < 1.29 is 4.79 Å². The highest BCUT2D eigenvalue weighted by atomic mass is 16.2. The summed E-state index contributed by atoms with van der Waals surface area (Å²) in [5.41, 5.74) is 2.17.